The first-order valence-electron chi connectivity index (χ1n) is 11.6. The molecule has 4 rings (SSSR count). The van der Waals surface area contributed by atoms with Crippen LogP contribution in [-0.4, -0.2) is 84.0 Å². The number of aromatic nitrogens is 1. The number of morpholine rings is 1. The van der Waals surface area contributed by atoms with Gasteiger partial charge in [-0.2, -0.15) is 0 Å². The van der Waals surface area contributed by atoms with E-state index in [4.69, 9.17) is 4.74 Å². The Bertz CT molecular complexity index is 1420. The van der Waals surface area contributed by atoms with Crippen LogP contribution < -0.4 is 4.90 Å². The van der Waals surface area contributed by atoms with E-state index in [0.29, 0.717) is 41.7 Å². The number of nitrogens with zero attached hydrogens (tertiary/aromatic N) is 3. The van der Waals surface area contributed by atoms with Gasteiger partial charge in [0.25, 0.3) is 0 Å². The quantitative estimate of drug-likeness (QED) is 0.378. The molecule has 3 aromatic rings. The fourth-order valence-electron chi connectivity index (χ4n) is 3.93. The molecule has 0 radical (unpaired) electrons. The summed E-state index contributed by atoms with van der Waals surface area (Å²) < 4.78 is 55.2. The molecular formula is C24H29N3O6S3. The molecule has 0 saturated carbocycles. The summed E-state index contributed by atoms with van der Waals surface area (Å²) >= 11 is 1.25. The van der Waals surface area contributed by atoms with Gasteiger partial charge in [-0.25, -0.2) is 21.8 Å². The van der Waals surface area contributed by atoms with E-state index in [2.05, 4.69) is 9.88 Å². The van der Waals surface area contributed by atoms with Crippen molar-refractivity contribution in [1.82, 2.24) is 9.88 Å². The largest absolute Gasteiger partial charge is 0.379 e. The Labute approximate surface area is 215 Å². The summed E-state index contributed by atoms with van der Waals surface area (Å²) in [6.07, 6.45) is 1.39. The first-order chi connectivity index (χ1) is 17.1. The fraction of sp³-hybridized carbons (Fsp3) is 0.417. The number of hydrogen-bond donors (Lipinski definition) is 0. The van der Waals surface area contributed by atoms with E-state index in [1.54, 1.807) is 47.4 Å². The third-order valence-corrected chi connectivity index (χ3v) is 9.93. The molecule has 36 heavy (non-hydrogen) atoms. The summed E-state index contributed by atoms with van der Waals surface area (Å²) in [6, 6.07) is 12.9. The zero-order valence-electron chi connectivity index (χ0n) is 20.0. The number of carbonyl (C=O) groups excluding carboxylic acids is 1. The number of anilines is 1. The fourth-order valence-corrected chi connectivity index (χ4v) is 7.03. The Kier molecular flexibility index (Phi) is 8.41. The minimum absolute atomic E-state index is 0.0552. The predicted octanol–water partition coefficient (Wildman–Crippen LogP) is 2.62. The maximum Gasteiger partial charge on any atom is 0.228 e. The van der Waals surface area contributed by atoms with Crippen LogP contribution in [-0.2, 0) is 29.2 Å². The van der Waals surface area contributed by atoms with Gasteiger partial charge in [0, 0.05) is 38.9 Å². The molecule has 9 nitrogen and oxygen atoms in total. The Morgan fingerprint density at radius 1 is 1.06 bits per heavy atom. The molecule has 2 aromatic carbocycles. The van der Waals surface area contributed by atoms with Crippen LogP contribution in [0.2, 0.25) is 0 Å². The molecule has 1 aliphatic heterocycles. The number of sulfone groups is 2. The lowest BCUT2D eigenvalue weighted by molar-refractivity contribution is -0.118. The molecule has 2 heterocycles. The van der Waals surface area contributed by atoms with E-state index in [1.807, 2.05) is 0 Å². The highest BCUT2D eigenvalue weighted by atomic mass is 32.2. The summed E-state index contributed by atoms with van der Waals surface area (Å²) in [4.78, 5) is 22.1. The van der Waals surface area contributed by atoms with Gasteiger partial charge in [0.05, 0.1) is 39.0 Å². The van der Waals surface area contributed by atoms with Gasteiger partial charge in [-0.1, -0.05) is 29.5 Å². The summed E-state index contributed by atoms with van der Waals surface area (Å²) in [7, 11) is -6.85. The molecule has 1 saturated heterocycles. The van der Waals surface area contributed by atoms with Gasteiger partial charge in [-0.3, -0.25) is 14.6 Å². The number of rotatable bonds is 10. The number of ether oxygens (including phenoxy) is 1. The van der Waals surface area contributed by atoms with E-state index in [-0.39, 0.29) is 34.3 Å². The average Bonchev–Trinajstić information content (AvgIpc) is 3.28. The van der Waals surface area contributed by atoms with Crippen LogP contribution in [0.5, 0.6) is 0 Å². The lowest BCUT2D eigenvalue weighted by Crippen LogP contribution is -2.43. The smallest absolute Gasteiger partial charge is 0.228 e. The summed E-state index contributed by atoms with van der Waals surface area (Å²) in [5, 5.41) is 0.472. The van der Waals surface area contributed by atoms with Gasteiger partial charge in [0.15, 0.2) is 24.8 Å². The number of thiazole rings is 1. The first-order valence-corrected chi connectivity index (χ1v) is 16.0. The van der Waals surface area contributed by atoms with E-state index >= 15 is 0 Å². The van der Waals surface area contributed by atoms with Crippen LogP contribution in [0.4, 0.5) is 5.13 Å². The van der Waals surface area contributed by atoms with Crippen LogP contribution >= 0.6 is 11.3 Å². The number of hydrogen-bond acceptors (Lipinski definition) is 9. The highest BCUT2D eigenvalue weighted by Crippen LogP contribution is 2.31. The number of carbonyl (C=O) groups is 1. The minimum Gasteiger partial charge on any atom is -0.379 e. The van der Waals surface area contributed by atoms with Crippen molar-refractivity contribution in [2.75, 3.05) is 56.3 Å². The number of amides is 1. The average molecular weight is 552 g/mol. The second kappa shape index (κ2) is 11.3. The van der Waals surface area contributed by atoms with Crippen molar-refractivity contribution < 1.29 is 26.4 Å². The number of fused-ring (bicyclic) bond motifs is 1. The Hall–Kier alpha value is -2.38. The van der Waals surface area contributed by atoms with Crippen molar-refractivity contribution >= 4 is 52.3 Å². The molecule has 1 aromatic heterocycles. The second-order valence-electron chi connectivity index (χ2n) is 8.63. The molecule has 0 bridgehead atoms. The first kappa shape index (κ1) is 26.7. The third kappa shape index (κ3) is 6.68. The SMILES string of the molecule is CS(=O)(=O)c1ccc2nc(N(CCN3CCOCC3)C(=O)CCCS(=O)(=O)c3ccccc3)sc2c1. The highest BCUT2D eigenvalue weighted by Gasteiger charge is 2.23. The topological polar surface area (TPSA) is 114 Å². The van der Waals surface area contributed by atoms with Crippen molar-refractivity contribution in [3.05, 3.63) is 48.5 Å². The summed E-state index contributed by atoms with van der Waals surface area (Å²) in [6.45, 7) is 3.84. The van der Waals surface area contributed by atoms with Crippen LogP contribution in [0, 0.1) is 0 Å². The van der Waals surface area contributed by atoms with E-state index in [9.17, 15) is 21.6 Å². The van der Waals surface area contributed by atoms with Crippen molar-refractivity contribution in [1.29, 1.82) is 0 Å². The van der Waals surface area contributed by atoms with Gasteiger partial charge in [0.2, 0.25) is 5.91 Å². The molecule has 0 spiro atoms. The standard InChI is InChI=1S/C24H29N3O6S3/c1-35(29,30)20-9-10-21-22(18-20)34-24(25-21)27(12-11-26-13-15-33-16-14-26)23(28)8-5-17-36(31,32)19-6-3-2-4-7-19/h2-4,6-7,9-10,18H,5,8,11-17H2,1H3. The molecule has 12 heteroatoms. The van der Waals surface area contributed by atoms with Crippen molar-refractivity contribution in [3.8, 4) is 0 Å². The van der Waals surface area contributed by atoms with Crippen LogP contribution in [0.15, 0.2) is 58.3 Å². The normalized spacial score (nSPS) is 15.2. The van der Waals surface area contributed by atoms with E-state index < -0.39 is 19.7 Å². The molecular weight excluding hydrogens is 522 g/mol. The molecule has 1 aliphatic rings. The third-order valence-electron chi connectivity index (χ3n) is 5.96. The van der Waals surface area contributed by atoms with Crippen LogP contribution in [0.1, 0.15) is 12.8 Å². The molecule has 1 fully saturated rings. The van der Waals surface area contributed by atoms with Crippen LogP contribution in [0.3, 0.4) is 0 Å². The highest BCUT2D eigenvalue weighted by molar-refractivity contribution is 7.91. The monoisotopic (exact) mass is 551 g/mol. The van der Waals surface area contributed by atoms with Crippen molar-refractivity contribution in [2.45, 2.75) is 22.6 Å². The number of benzene rings is 2. The second-order valence-corrected chi connectivity index (χ2v) is 13.8. The molecule has 1 amide bonds. The van der Waals surface area contributed by atoms with E-state index in [0.717, 1.165) is 19.3 Å². The molecule has 0 unspecified atom stereocenters. The zero-order chi connectivity index (χ0) is 25.8. The van der Waals surface area contributed by atoms with E-state index in [1.165, 1.54) is 17.4 Å². The Morgan fingerprint density at radius 3 is 2.47 bits per heavy atom. The van der Waals surface area contributed by atoms with Gasteiger partial charge >= 0.3 is 0 Å². The lowest BCUT2D eigenvalue weighted by Gasteiger charge is -2.29. The molecule has 0 aliphatic carbocycles. The molecule has 194 valence electrons. The van der Waals surface area contributed by atoms with Gasteiger partial charge < -0.3 is 4.74 Å². The maximum absolute atomic E-state index is 13.3. The summed E-state index contributed by atoms with van der Waals surface area (Å²) in [5.74, 6) is -0.341. The minimum atomic E-state index is -3.48. The van der Waals surface area contributed by atoms with Crippen molar-refractivity contribution in [2.24, 2.45) is 0 Å². The van der Waals surface area contributed by atoms with Crippen molar-refractivity contribution in [3.63, 3.8) is 0 Å². The Morgan fingerprint density at radius 2 is 1.78 bits per heavy atom. The lowest BCUT2D eigenvalue weighted by atomic mass is 10.3. The molecule has 0 atom stereocenters. The van der Waals surface area contributed by atoms with Gasteiger partial charge in [0.1, 0.15) is 0 Å². The van der Waals surface area contributed by atoms with Gasteiger partial charge in [-0.15, -0.1) is 0 Å². The zero-order valence-corrected chi connectivity index (χ0v) is 22.4. The maximum atomic E-state index is 13.3. The molecule has 0 N–H and O–H groups in total. The predicted molar refractivity (Wildman–Crippen MR) is 140 cm³/mol. The van der Waals surface area contributed by atoms with Crippen LogP contribution in [0.25, 0.3) is 10.2 Å². The Balaban J connectivity index is 1.51. The summed E-state index contributed by atoms with van der Waals surface area (Å²) in [5.41, 5.74) is 0.609. The van der Waals surface area contributed by atoms with Gasteiger partial charge in [-0.05, 0) is 36.8 Å².